The maximum atomic E-state index is 13.4. The first-order chi connectivity index (χ1) is 27.9. The van der Waals surface area contributed by atoms with Gasteiger partial charge in [-0.3, -0.25) is 14.5 Å². The van der Waals surface area contributed by atoms with Crippen LogP contribution in [0.15, 0.2) is 107 Å². The van der Waals surface area contributed by atoms with Crippen molar-refractivity contribution in [3.63, 3.8) is 0 Å². The van der Waals surface area contributed by atoms with Crippen LogP contribution >= 0.6 is 0 Å². The summed E-state index contributed by atoms with van der Waals surface area (Å²) in [4.78, 5) is 34.1. The van der Waals surface area contributed by atoms with Crippen molar-refractivity contribution in [2.75, 3.05) is 46.3 Å². The van der Waals surface area contributed by atoms with Crippen molar-refractivity contribution in [3.8, 4) is 40.1 Å². The van der Waals surface area contributed by atoms with Gasteiger partial charge in [0, 0.05) is 44.2 Å². The first kappa shape index (κ1) is 36.9. The zero-order valence-corrected chi connectivity index (χ0v) is 31.7. The third kappa shape index (κ3) is 8.04. The summed E-state index contributed by atoms with van der Waals surface area (Å²) in [7, 11) is 4.68. The molecule has 8 rings (SSSR count). The minimum atomic E-state index is -0.639. The van der Waals surface area contributed by atoms with Crippen molar-refractivity contribution in [2.45, 2.75) is 25.9 Å². The van der Waals surface area contributed by atoms with Crippen LogP contribution in [-0.4, -0.2) is 81.6 Å². The molecule has 1 N–H and O–H groups in total. The summed E-state index contributed by atoms with van der Waals surface area (Å²) in [6.07, 6.45) is 7.25. The number of amides is 1. The Bertz CT molecular complexity index is 2590. The lowest BCUT2D eigenvalue weighted by Gasteiger charge is -2.29. The van der Waals surface area contributed by atoms with Crippen molar-refractivity contribution in [2.24, 2.45) is 0 Å². The van der Waals surface area contributed by atoms with Crippen LogP contribution in [-0.2, 0) is 25.9 Å². The third-order valence-electron chi connectivity index (χ3n) is 9.91. The number of hydrogen-bond acceptors (Lipinski definition) is 12. The van der Waals surface area contributed by atoms with E-state index in [1.165, 1.54) is 35.7 Å². The fourth-order valence-electron chi connectivity index (χ4n) is 6.85. The molecule has 0 saturated heterocycles. The van der Waals surface area contributed by atoms with E-state index >= 15 is 0 Å². The molecule has 0 unspecified atom stereocenters. The van der Waals surface area contributed by atoms with E-state index in [-0.39, 0.29) is 17.0 Å². The van der Waals surface area contributed by atoms with E-state index in [4.69, 9.17) is 23.4 Å². The molecule has 0 radical (unpaired) electrons. The van der Waals surface area contributed by atoms with Crippen LogP contribution in [0.25, 0.3) is 28.0 Å². The van der Waals surface area contributed by atoms with Gasteiger partial charge in [0.25, 0.3) is 5.91 Å². The smallest absolute Gasteiger partial charge is 0.291 e. The van der Waals surface area contributed by atoms with Crippen molar-refractivity contribution in [1.29, 1.82) is 0 Å². The number of nitrogens with zero attached hydrogens (tertiary/aromatic N) is 7. The molecule has 4 aromatic carbocycles. The Hall–Kier alpha value is -7.00. The number of fused-ring (bicyclic) bond motifs is 2. The average Bonchev–Trinajstić information content (AvgIpc) is 3.96. The van der Waals surface area contributed by atoms with Gasteiger partial charge in [-0.25, -0.2) is 4.98 Å². The SMILES string of the molecule is COc1cc(NC(=O)c2cc(=O)c3ccccc3o2)c(-c2nnn(-c3ccc(CCN4CCc5cc(OC)c(OCCn6ccnc6)cc5C4)cc3)n2)cc1OC. The van der Waals surface area contributed by atoms with Gasteiger partial charge in [-0.15, -0.1) is 15.0 Å². The Balaban J connectivity index is 0.940. The van der Waals surface area contributed by atoms with Crippen LogP contribution in [0.2, 0.25) is 0 Å². The second-order valence-corrected chi connectivity index (χ2v) is 13.4. The number of aromatic nitrogens is 6. The topological polar surface area (TPSA) is 161 Å². The number of anilines is 1. The molecule has 0 bridgehead atoms. The van der Waals surface area contributed by atoms with Crippen molar-refractivity contribution in [3.05, 3.63) is 130 Å². The van der Waals surface area contributed by atoms with Crippen LogP contribution in [0.1, 0.15) is 27.2 Å². The van der Waals surface area contributed by atoms with Crippen LogP contribution in [0.4, 0.5) is 5.69 Å². The first-order valence-electron chi connectivity index (χ1n) is 18.4. The molecule has 4 heterocycles. The number of benzene rings is 4. The molecule has 0 spiro atoms. The molecular weight excluding hydrogens is 729 g/mol. The second kappa shape index (κ2) is 16.4. The van der Waals surface area contributed by atoms with Gasteiger partial charge in [0.1, 0.15) is 12.2 Å². The molecule has 57 heavy (non-hydrogen) atoms. The summed E-state index contributed by atoms with van der Waals surface area (Å²) in [6.45, 7) is 3.89. The Morgan fingerprint density at radius 2 is 1.65 bits per heavy atom. The highest BCUT2D eigenvalue weighted by Crippen LogP contribution is 2.38. The Labute approximate surface area is 327 Å². The van der Waals surface area contributed by atoms with E-state index < -0.39 is 5.91 Å². The minimum absolute atomic E-state index is 0.154. The summed E-state index contributed by atoms with van der Waals surface area (Å²) in [6, 6.07) is 23.4. The normalized spacial score (nSPS) is 12.6. The van der Waals surface area contributed by atoms with Crippen LogP contribution in [0, 0.1) is 0 Å². The highest BCUT2D eigenvalue weighted by molar-refractivity contribution is 6.05. The summed E-state index contributed by atoms with van der Waals surface area (Å²) in [5.41, 5.74) is 5.11. The number of carbonyl (C=O) groups is 1. The molecule has 290 valence electrons. The molecule has 3 aromatic heterocycles. The first-order valence-corrected chi connectivity index (χ1v) is 18.4. The number of nitrogens with one attached hydrogen (secondary N) is 1. The molecule has 0 saturated carbocycles. The van der Waals surface area contributed by atoms with Gasteiger partial charge in [-0.05, 0) is 77.2 Å². The zero-order chi connectivity index (χ0) is 39.3. The van der Waals surface area contributed by atoms with Crippen molar-refractivity contribution in [1.82, 2.24) is 34.7 Å². The molecule has 7 aromatic rings. The number of hydrogen-bond donors (Lipinski definition) is 1. The fourth-order valence-corrected chi connectivity index (χ4v) is 6.85. The maximum absolute atomic E-state index is 13.4. The number of ether oxygens (including phenoxy) is 4. The Morgan fingerprint density at radius 1 is 0.877 bits per heavy atom. The van der Waals surface area contributed by atoms with Crippen molar-refractivity contribution >= 4 is 22.6 Å². The van der Waals surface area contributed by atoms with Gasteiger partial charge < -0.3 is 33.2 Å². The molecule has 0 fully saturated rings. The van der Waals surface area contributed by atoms with Gasteiger partial charge >= 0.3 is 0 Å². The zero-order valence-electron chi connectivity index (χ0n) is 31.7. The summed E-state index contributed by atoms with van der Waals surface area (Å²) in [5.74, 6) is 1.71. The lowest BCUT2D eigenvalue weighted by molar-refractivity contribution is 0.0997. The van der Waals surface area contributed by atoms with Gasteiger partial charge in [0.05, 0.1) is 56.5 Å². The monoisotopic (exact) mass is 768 g/mol. The summed E-state index contributed by atoms with van der Waals surface area (Å²) in [5, 5.41) is 16.5. The molecule has 0 aliphatic carbocycles. The molecule has 1 aliphatic heterocycles. The van der Waals surface area contributed by atoms with Gasteiger partial charge in [0.2, 0.25) is 5.82 Å². The van der Waals surface area contributed by atoms with E-state index in [1.807, 2.05) is 22.9 Å². The highest BCUT2D eigenvalue weighted by Gasteiger charge is 2.22. The quantitative estimate of drug-likeness (QED) is 0.146. The number of para-hydroxylation sites is 1. The number of carbonyl (C=O) groups excluding carboxylic acids is 1. The Kier molecular flexibility index (Phi) is 10.6. The molecule has 1 amide bonds. The Morgan fingerprint density at radius 3 is 2.44 bits per heavy atom. The third-order valence-corrected chi connectivity index (χ3v) is 9.91. The molecule has 15 heteroatoms. The lowest BCUT2D eigenvalue weighted by Crippen LogP contribution is -2.32. The average molecular weight is 769 g/mol. The molecular formula is C42H40N8O7. The maximum Gasteiger partial charge on any atom is 0.291 e. The largest absolute Gasteiger partial charge is 0.493 e. The molecule has 15 nitrogen and oxygen atoms in total. The van der Waals surface area contributed by atoms with Crippen LogP contribution in [0.3, 0.4) is 0 Å². The minimum Gasteiger partial charge on any atom is -0.493 e. The number of methoxy groups -OCH3 is 3. The van der Waals surface area contributed by atoms with E-state index in [1.54, 1.807) is 56.0 Å². The lowest BCUT2D eigenvalue weighted by atomic mass is 9.98. The predicted octanol–water partition coefficient (Wildman–Crippen LogP) is 5.59. The van der Waals surface area contributed by atoms with Gasteiger partial charge in [-0.2, -0.15) is 0 Å². The number of rotatable bonds is 14. The van der Waals surface area contributed by atoms with E-state index in [0.717, 1.165) is 50.0 Å². The summed E-state index contributed by atoms with van der Waals surface area (Å²) < 4.78 is 30.6. The van der Waals surface area contributed by atoms with E-state index in [9.17, 15) is 9.59 Å². The second-order valence-electron chi connectivity index (χ2n) is 13.4. The van der Waals surface area contributed by atoms with Crippen molar-refractivity contribution < 1.29 is 28.2 Å². The van der Waals surface area contributed by atoms with E-state index in [2.05, 4.69) is 54.9 Å². The van der Waals surface area contributed by atoms with Crippen LogP contribution < -0.4 is 29.7 Å². The highest BCUT2D eigenvalue weighted by atomic mass is 16.5. The van der Waals surface area contributed by atoms with Gasteiger partial charge in [-0.1, -0.05) is 24.3 Å². The summed E-state index contributed by atoms with van der Waals surface area (Å²) >= 11 is 0. The van der Waals surface area contributed by atoms with Gasteiger partial charge in [0.15, 0.2) is 34.2 Å². The molecule has 0 atom stereocenters. The number of imidazole rings is 1. The number of tetrazole rings is 1. The van der Waals surface area contributed by atoms with E-state index in [0.29, 0.717) is 52.6 Å². The molecule has 1 aliphatic rings. The predicted molar refractivity (Wildman–Crippen MR) is 212 cm³/mol. The fraction of sp³-hybridized carbons (Fsp3) is 0.238. The van der Waals surface area contributed by atoms with Crippen LogP contribution in [0.5, 0.6) is 23.0 Å². The standard InChI is InChI=1S/C42H40N8O7/c1-53-36-20-28-13-16-48(25-29(28)21-39(36)56-19-18-49-17-14-43-26-49)15-12-27-8-10-30(11-9-27)50-46-41(45-47-50)32-22-37(54-2)38(55-3)23-33(32)44-42(52)40-24-34(51)31-6-4-5-7-35(31)57-40/h4-11,14,17,20-24,26H,12-13,15-16,18-19,25H2,1-3H3,(H,44,52).